The van der Waals surface area contributed by atoms with Crippen molar-refractivity contribution in [3.63, 3.8) is 0 Å². The molecule has 0 fully saturated rings. The molecule has 0 spiro atoms. The summed E-state index contributed by atoms with van der Waals surface area (Å²) in [6.45, 7) is 0.791. The second-order valence-corrected chi connectivity index (χ2v) is 3.45. The van der Waals surface area contributed by atoms with E-state index in [9.17, 15) is 22.8 Å². The van der Waals surface area contributed by atoms with Crippen molar-refractivity contribution in [2.24, 2.45) is 5.41 Å². The quantitative estimate of drug-likeness (QED) is 0.528. The maximum Gasteiger partial charge on any atom is 0.417 e. The highest BCUT2D eigenvalue weighted by molar-refractivity contribution is 6.29. The third-order valence-electron chi connectivity index (χ3n) is 1.68. The molecule has 0 bridgehead atoms. The van der Waals surface area contributed by atoms with Gasteiger partial charge in [0.2, 0.25) is 0 Å². The first-order valence-corrected chi connectivity index (χ1v) is 3.93. The van der Waals surface area contributed by atoms with E-state index in [4.69, 9.17) is 0 Å². The monoisotopic (exact) mass is 228 g/mol. The molecule has 0 aromatic heterocycles. The molecule has 0 aliphatic rings. The Labute approximate surface area is 84.3 Å². The Morgan fingerprint density at radius 1 is 1.13 bits per heavy atom. The summed E-state index contributed by atoms with van der Waals surface area (Å²) in [7, 11) is 0.929. The predicted octanol–water partition coefficient (Wildman–Crippen LogP) is 1.29. The molecule has 0 aromatic carbocycles. The maximum atomic E-state index is 12.3. The molecule has 0 aliphatic carbocycles. The standard InChI is InChI=1S/C8H11F3O4/c1-7(2,8(9,10)11)4-15-6(13)5(12)14-3/h4H2,1-3H3. The van der Waals surface area contributed by atoms with Crippen LogP contribution in [-0.4, -0.2) is 31.8 Å². The van der Waals surface area contributed by atoms with Crippen molar-refractivity contribution in [2.75, 3.05) is 13.7 Å². The van der Waals surface area contributed by atoms with Gasteiger partial charge in [0.05, 0.1) is 12.5 Å². The fourth-order valence-electron chi connectivity index (χ4n) is 0.470. The highest BCUT2D eigenvalue weighted by Gasteiger charge is 2.48. The van der Waals surface area contributed by atoms with Gasteiger partial charge in [-0.25, -0.2) is 9.59 Å². The second-order valence-electron chi connectivity index (χ2n) is 3.45. The molecule has 0 heterocycles. The van der Waals surface area contributed by atoms with Crippen molar-refractivity contribution in [1.82, 2.24) is 0 Å². The maximum absolute atomic E-state index is 12.3. The molecule has 0 saturated heterocycles. The first-order chi connectivity index (χ1) is 6.62. The summed E-state index contributed by atoms with van der Waals surface area (Å²) in [4.78, 5) is 21.2. The van der Waals surface area contributed by atoms with Crippen molar-refractivity contribution in [2.45, 2.75) is 20.0 Å². The first-order valence-electron chi connectivity index (χ1n) is 3.93. The van der Waals surface area contributed by atoms with Gasteiger partial charge in [0.25, 0.3) is 0 Å². The molecule has 88 valence electrons. The molecule has 0 unspecified atom stereocenters. The van der Waals surface area contributed by atoms with E-state index in [0.29, 0.717) is 0 Å². The molecule has 7 heteroatoms. The zero-order chi connectivity index (χ0) is 12.3. The van der Waals surface area contributed by atoms with Crippen molar-refractivity contribution >= 4 is 11.9 Å². The van der Waals surface area contributed by atoms with Gasteiger partial charge in [0.1, 0.15) is 6.61 Å². The summed E-state index contributed by atoms with van der Waals surface area (Å²) in [6.07, 6.45) is -4.51. The molecular formula is C8H11F3O4. The van der Waals surface area contributed by atoms with Crippen LogP contribution in [0.3, 0.4) is 0 Å². The van der Waals surface area contributed by atoms with Crippen LogP contribution in [0.25, 0.3) is 0 Å². The first kappa shape index (κ1) is 13.7. The summed E-state index contributed by atoms with van der Waals surface area (Å²) in [5, 5.41) is 0. The molecular weight excluding hydrogens is 217 g/mol. The predicted molar refractivity (Wildman–Crippen MR) is 42.8 cm³/mol. The fraction of sp³-hybridized carbons (Fsp3) is 0.750. The molecule has 0 aromatic rings. The van der Waals surface area contributed by atoms with Crippen molar-refractivity contribution in [3.8, 4) is 0 Å². The van der Waals surface area contributed by atoms with E-state index in [2.05, 4.69) is 9.47 Å². The van der Waals surface area contributed by atoms with Crippen LogP contribution in [0.4, 0.5) is 13.2 Å². The van der Waals surface area contributed by atoms with Gasteiger partial charge in [0, 0.05) is 0 Å². The van der Waals surface area contributed by atoms with E-state index in [1.165, 1.54) is 0 Å². The third-order valence-corrected chi connectivity index (χ3v) is 1.68. The smallest absolute Gasteiger partial charge is 0.417 e. The van der Waals surface area contributed by atoms with Crippen LogP contribution in [0, 0.1) is 5.41 Å². The Morgan fingerprint density at radius 2 is 1.60 bits per heavy atom. The summed E-state index contributed by atoms with van der Waals surface area (Å²) >= 11 is 0. The minimum atomic E-state index is -4.51. The van der Waals surface area contributed by atoms with Gasteiger partial charge in [-0.3, -0.25) is 0 Å². The summed E-state index contributed by atoms with van der Waals surface area (Å²) in [5.41, 5.74) is -2.20. The molecule has 15 heavy (non-hydrogen) atoms. The number of hydrogen-bond donors (Lipinski definition) is 0. The third kappa shape index (κ3) is 3.77. The largest absolute Gasteiger partial charge is 0.461 e. The van der Waals surface area contributed by atoms with Gasteiger partial charge in [-0.15, -0.1) is 0 Å². The number of hydrogen-bond acceptors (Lipinski definition) is 4. The topological polar surface area (TPSA) is 52.6 Å². The van der Waals surface area contributed by atoms with E-state index in [-0.39, 0.29) is 0 Å². The van der Waals surface area contributed by atoms with Crippen LogP contribution >= 0.6 is 0 Å². The average Bonchev–Trinajstić information content (AvgIpc) is 2.11. The fourth-order valence-corrected chi connectivity index (χ4v) is 0.470. The SMILES string of the molecule is COC(=O)C(=O)OCC(C)(C)C(F)(F)F. The Balaban J connectivity index is 4.28. The van der Waals surface area contributed by atoms with E-state index >= 15 is 0 Å². The number of rotatable bonds is 2. The molecule has 0 amide bonds. The lowest BCUT2D eigenvalue weighted by atomic mass is 9.94. The van der Waals surface area contributed by atoms with Crippen molar-refractivity contribution in [1.29, 1.82) is 0 Å². The van der Waals surface area contributed by atoms with Crippen LogP contribution in [0.15, 0.2) is 0 Å². The van der Waals surface area contributed by atoms with Crippen molar-refractivity contribution < 1.29 is 32.2 Å². The van der Waals surface area contributed by atoms with E-state index in [1.807, 2.05) is 0 Å². The van der Waals surface area contributed by atoms with Gasteiger partial charge < -0.3 is 9.47 Å². The summed E-state index contributed by atoms with van der Waals surface area (Å²) in [5.74, 6) is -2.76. The Hall–Kier alpha value is -1.27. The molecule has 0 rings (SSSR count). The number of alkyl halides is 3. The van der Waals surface area contributed by atoms with Crippen LogP contribution in [0.2, 0.25) is 0 Å². The normalized spacial score (nSPS) is 12.1. The highest BCUT2D eigenvalue weighted by atomic mass is 19.4. The minimum absolute atomic E-state index is 0.859. The summed E-state index contributed by atoms with van der Waals surface area (Å²) < 4.78 is 44.9. The Morgan fingerprint density at radius 3 is 1.93 bits per heavy atom. The van der Waals surface area contributed by atoms with E-state index in [0.717, 1.165) is 21.0 Å². The van der Waals surface area contributed by atoms with Crippen LogP contribution in [-0.2, 0) is 19.1 Å². The van der Waals surface area contributed by atoms with Gasteiger partial charge in [-0.05, 0) is 13.8 Å². The van der Waals surface area contributed by atoms with Gasteiger partial charge in [0.15, 0.2) is 0 Å². The highest BCUT2D eigenvalue weighted by Crippen LogP contribution is 2.37. The second kappa shape index (κ2) is 4.50. The number of methoxy groups -OCH3 is 1. The van der Waals surface area contributed by atoms with Gasteiger partial charge >= 0.3 is 18.1 Å². The lowest BCUT2D eigenvalue weighted by Gasteiger charge is -2.26. The lowest BCUT2D eigenvalue weighted by Crippen LogP contribution is -2.38. The number of ether oxygens (including phenoxy) is 2. The molecule has 0 aliphatic heterocycles. The minimum Gasteiger partial charge on any atom is -0.461 e. The Bertz CT molecular complexity index is 257. The lowest BCUT2D eigenvalue weighted by molar-refractivity contribution is -0.226. The molecule has 0 atom stereocenters. The van der Waals surface area contributed by atoms with Crippen LogP contribution < -0.4 is 0 Å². The van der Waals surface area contributed by atoms with E-state index < -0.39 is 30.1 Å². The van der Waals surface area contributed by atoms with Crippen LogP contribution in [0.1, 0.15) is 13.8 Å². The molecule has 4 nitrogen and oxygen atoms in total. The Kier molecular flexibility index (Phi) is 4.12. The van der Waals surface area contributed by atoms with Gasteiger partial charge in [-0.2, -0.15) is 13.2 Å². The van der Waals surface area contributed by atoms with Crippen molar-refractivity contribution in [3.05, 3.63) is 0 Å². The number of esters is 2. The molecule has 0 radical (unpaired) electrons. The van der Waals surface area contributed by atoms with E-state index in [1.54, 1.807) is 0 Å². The number of halogens is 3. The van der Waals surface area contributed by atoms with Gasteiger partial charge in [-0.1, -0.05) is 0 Å². The zero-order valence-electron chi connectivity index (χ0n) is 8.47. The molecule has 0 N–H and O–H groups in total. The number of carbonyl (C=O) groups excluding carboxylic acids is 2. The zero-order valence-corrected chi connectivity index (χ0v) is 8.47. The van der Waals surface area contributed by atoms with Crippen LogP contribution in [0.5, 0.6) is 0 Å². The number of carbonyl (C=O) groups is 2. The summed E-state index contributed by atoms with van der Waals surface area (Å²) in [6, 6.07) is 0. The molecule has 0 saturated carbocycles. The average molecular weight is 228 g/mol.